The van der Waals surface area contributed by atoms with Gasteiger partial charge in [-0.3, -0.25) is 4.79 Å². The zero-order chi connectivity index (χ0) is 23.6. The molecule has 1 saturated heterocycles. The van der Waals surface area contributed by atoms with Gasteiger partial charge in [-0.1, -0.05) is 17.7 Å². The molecular weight excluding hydrogens is 465 g/mol. The fourth-order valence-corrected chi connectivity index (χ4v) is 5.44. The number of nitrogens with one attached hydrogen (secondary N) is 1. The van der Waals surface area contributed by atoms with Crippen molar-refractivity contribution in [2.24, 2.45) is 0 Å². The molecule has 33 heavy (non-hydrogen) atoms. The molecule has 0 unspecified atom stereocenters. The van der Waals surface area contributed by atoms with E-state index in [-0.39, 0.29) is 16.3 Å². The van der Waals surface area contributed by atoms with Gasteiger partial charge in [-0.15, -0.1) is 0 Å². The van der Waals surface area contributed by atoms with Gasteiger partial charge < -0.3 is 10.2 Å². The summed E-state index contributed by atoms with van der Waals surface area (Å²) < 4.78 is 41.0. The molecule has 3 aromatic rings. The Morgan fingerprint density at radius 2 is 1.67 bits per heavy atom. The topological polar surface area (TPSA) is 69.7 Å². The lowest BCUT2D eigenvalue weighted by Crippen LogP contribution is -2.48. The SMILES string of the molecule is Cc1cc(Cl)ccc1NC(=O)c1cccc(S(=O)(=O)N2CCN(c3ccc(F)cc3)CC2)c1. The number of sulfonamides is 1. The van der Waals surface area contributed by atoms with E-state index in [9.17, 15) is 17.6 Å². The Bertz CT molecular complexity index is 1270. The van der Waals surface area contributed by atoms with Crippen molar-refractivity contribution in [3.63, 3.8) is 0 Å². The second-order valence-electron chi connectivity index (χ2n) is 7.81. The lowest BCUT2D eigenvalue weighted by molar-refractivity contribution is 0.102. The molecule has 6 nitrogen and oxygen atoms in total. The maximum Gasteiger partial charge on any atom is 0.255 e. The Balaban J connectivity index is 1.47. The van der Waals surface area contributed by atoms with Gasteiger partial charge in [0, 0.05) is 48.1 Å². The molecule has 1 fully saturated rings. The smallest absolute Gasteiger partial charge is 0.255 e. The van der Waals surface area contributed by atoms with Crippen molar-refractivity contribution < 1.29 is 17.6 Å². The number of hydrogen-bond acceptors (Lipinski definition) is 4. The van der Waals surface area contributed by atoms with Crippen LogP contribution in [0.15, 0.2) is 71.6 Å². The van der Waals surface area contributed by atoms with Gasteiger partial charge in [0.05, 0.1) is 4.90 Å². The van der Waals surface area contributed by atoms with E-state index in [1.807, 2.05) is 11.8 Å². The maximum atomic E-state index is 13.2. The fraction of sp³-hybridized carbons (Fsp3) is 0.208. The molecule has 1 heterocycles. The highest BCUT2D eigenvalue weighted by Gasteiger charge is 2.29. The van der Waals surface area contributed by atoms with Crippen molar-refractivity contribution in [1.82, 2.24) is 4.31 Å². The number of hydrogen-bond donors (Lipinski definition) is 1. The predicted octanol–water partition coefficient (Wildman–Crippen LogP) is 4.55. The molecule has 1 N–H and O–H groups in total. The van der Waals surface area contributed by atoms with E-state index in [1.165, 1.54) is 28.6 Å². The van der Waals surface area contributed by atoms with Crippen LogP contribution in [0.5, 0.6) is 0 Å². The zero-order valence-corrected chi connectivity index (χ0v) is 19.5. The van der Waals surface area contributed by atoms with Crippen LogP contribution in [0, 0.1) is 12.7 Å². The summed E-state index contributed by atoms with van der Waals surface area (Å²) in [5, 5.41) is 3.37. The second kappa shape index (κ2) is 9.51. The standard InChI is InChI=1S/C24H23ClFN3O3S/c1-17-15-19(25)5-10-23(17)27-24(30)18-3-2-4-22(16-18)33(31,32)29-13-11-28(12-14-29)21-8-6-20(26)7-9-21/h2-10,15-16H,11-14H2,1H3,(H,27,30). The van der Waals surface area contributed by atoms with E-state index in [0.29, 0.717) is 36.9 Å². The van der Waals surface area contributed by atoms with E-state index in [1.54, 1.807) is 42.5 Å². The van der Waals surface area contributed by atoms with E-state index < -0.39 is 15.9 Å². The predicted molar refractivity (Wildman–Crippen MR) is 128 cm³/mol. The van der Waals surface area contributed by atoms with E-state index in [0.717, 1.165) is 11.3 Å². The van der Waals surface area contributed by atoms with E-state index in [2.05, 4.69) is 5.32 Å². The van der Waals surface area contributed by atoms with Crippen LogP contribution in [-0.2, 0) is 10.0 Å². The van der Waals surface area contributed by atoms with Gasteiger partial charge in [-0.25, -0.2) is 12.8 Å². The average molecular weight is 488 g/mol. The van der Waals surface area contributed by atoms with Crippen molar-refractivity contribution in [3.05, 3.63) is 88.7 Å². The van der Waals surface area contributed by atoms with Crippen LogP contribution in [0.2, 0.25) is 5.02 Å². The van der Waals surface area contributed by atoms with Crippen LogP contribution < -0.4 is 10.2 Å². The number of benzene rings is 3. The molecule has 1 amide bonds. The summed E-state index contributed by atoms with van der Waals surface area (Å²) in [6.07, 6.45) is 0. The van der Waals surface area contributed by atoms with Crippen LogP contribution in [-0.4, -0.2) is 44.8 Å². The monoisotopic (exact) mass is 487 g/mol. The largest absolute Gasteiger partial charge is 0.369 e. The Morgan fingerprint density at radius 1 is 0.970 bits per heavy atom. The molecule has 1 aliphatic heterocycles. The minimum Gasteiger partial charge on any atom is -0.369 e. The average Bonchev–Trinajstić information content (AvgIpc) is 2.81. The first-order valence-electron chi connectivity index (χ1n) is 10.4. The van der Waals surface area contributed by atoms with Gasteiger partial charge in [0.2, 0.25) is 10.0 Å². The zero-order valence-electron chi connectivity index (χ0n) is 18.0. The van der Waals surface area contributed by atoms with Gasteiger partial charge in [0.15, 0.2) is 0 Å². The number of anilines is 2. The van der Waals surface area contributed by atoms with Crippen LogP contribution in [0.25, 0.3) is 0 Å². The van der Waals surface area contributed by atoms with Crippen LogP contribution >= 0.6 is 11.6 Å². The summed E-state index contributed by atoms with van der Waals surface area (Å²) in [6, 6.07) is 17.3. The molecule has 4 rings (SSSR count). The Kier molecular flexibility index (Phi) is 6.69. The molecular formula is C24H23ClFN3O3S. The minimum absolute atomic E-state index is 0.0678. The summed E-state index contributed by atoms with van der Waals surface area (Å²) in [6.45, 7) is 3.38. The number of aryl methyl sites for hydroxylation is 1. The molecule has 0 bridgehead atoms. The van der Waals surface area contributed by atoms with Crippen molar-refractivity contribution in [2.45, 2.75) is 11.8 Å². The molecule has 0 radical (unpaired) electrons. The molecule has 0 aliphatic carbocycles. The van der Waals surface area contributed by atoms with Crippen LogP contribution in [0.1, 0.15) is 15.9 Å². The molecule has 0 aromatic heterocycles. The van der Waals surface area contributed by atoms with Gasteiger partial charge in [0.1, 0.15) is 5.82 Å². The van der Waals surface area contributed by atoms with Crippen LogP contribution in [0.3, 0.4) is 0 Å². The Hall–Kier alpha value is -2.94. The third-order valence-electron chi connectivity index (χ3n) is 5.60. The number of rotatable bonds is 5. The summed E-state index contributed by atoms with van der Waals surface area (Å²) >= 11 is 5.96. The Morgan fingerprint density at radius 3 is 2.33 bits per heavy atom. The van der Waals surface area contributed by atoms with E-state index >= 15 is 0 Å². The normalized spacial score (nSPS) is 14.8. The van der Waals surface area contributed by atoms with Gasteiger partial charge in [0.25, 0.3) is 5.91 Å². The van der Waals surface area contributed by atoms with Crippen molar-refractivity contribution >= 4 is 38.9 Å². The highest BCUT2D eigenvalue weighted by molar-refractivity contribution is 7.89. The third-order valence-corrected chi connectivity index (χ3v) is 7.73. The molecule has 3 aromatic carbocycles. The first-order valence-corrected chi connectivity index (χ1v) is 12.2. The lowest BCUT2D eigenvalue weighted by atomic mass is 10.1. The molecule has 0 spiro atoms. The maximum absolute atomic E-state index is 13.2. The van der Waals surface area contributed by atoms with Gasteiger partial charge in [-0.05, 0) is 73.2 Å². The highest BCUT2D eigenvalue weighted by atomic mass is 35.5. The number of amides is 1. The lowest BCUT2D eigenvalue weighted by Gasteiger charge is -2.35. The first kappa shape index (κ1) is 23.2. The quantitative estimate of drug-likeness (QED) is 0.573. The number of nitrogens with zero attached hydrogens (tertiary/aromatic N) is 2. The summed E-state index contributed by atoms with van der Waals surface area (Å²) in [4.78, 5) is 14.8. The van der Waals surface area contributed by atoms with E-state index in [4.69, 9.17) is 11.6 Å². The van der Waals surface area contributed by atoms with Crippen molar-refractivity contribution in [2.75, 3.05) is 36.4 Å². The molecule has 1 aliphatic rings. The minimum atomic E-state index is -3.77. The van der Waals surface area contributed by atoms with Crippen LogP contribution in [0.4, 0.5) is 15.8 Å². The number of carbonyl (C=O) groups excluding carboxylic acids is 1. The number of carbonyl (C=O) groups is 1. The van der Waals surface area contributed by atoms with Gasteiger partial charge >= 0.3 is 0 Å². The highest BCUT2D eigenvalue weighted by Crippen LogP contribution is 2.24. The number of piperazine rings is 1. The summed E-state index contributed by atoms with van der Waals surface area (Å²) in [5.74, 6) is -0.714. The second-order valence-corrected chi connectivity index (χ2v) is 10.2. The third kappa shape index (κ3) is 5.19. The summed E-state index contributed by atoms with van der Waals surface area (Å²) in [5.41, 5.74) is 2.51. The Labute approximate surface area is 197 Å². The summed E-state index contributed by atoms with van der Waals surface area (Å²) in [7, 11) is -3.77. The fourth-order valence-electron chi connectivity index (χ4n) is 3.75. The molecule has 172 valence electrons. The van der Waals surface area contributed by atoms with Gasteiger partial charge in [-0.2, -0.15) is 4.31 Å². The van der Waals surface area contributed by atoms with Crippen molar-refractivity contribution in [1.29, 1.82) is 0 Å². The first-order chi connectivity index (χ1) is 15.7. The number of halogens is 2. The van der Waals surface area contributed by atoms with Crippen molar-refractivity contribution in [3.8, 4) is 0 Å². The molecule has 0 saturated carbocycles. The molecule has 0 atom stereocenters. The molecule has 9 heteroatoms.